The predicted octanol–water partition coefficient (Wildman–Crippen LogP) is 4.56. The van der Waals surface area contributed by atoms with E-state index in [0.29, 0.717) is 31.1 Å². The molecule has 2 heterocycles. The molecule has 0 aromatic rings. The Morgan fingerprint density at radius 3 is 2.43 bits per heavy atom. The SMILES string of the molecule is CCCCOC(=O)/N=C1/N(C(=O)OCCCC)CC2CC3(CCCCC3)CN12. The quantitative estimate of drug-likeness (QED) is 0.619. The third-order valence-electron chi connectivity index (χ3n) is 6.28. The van der Waals surface area contributed by atoms with Crippen molar-refractivity contribution in [1.29, 1.82) is 0 Å². The summed E-state index contributed by atoms with van der Waals surface area (Å²) in [4.78, 5) is 32.8. The molecule has 3 aliphatic rings. The highest BCUT2D eigenvalue weighted by molar-refractivity contribution is 6.00. The van der Waals surface area contributed by atoms with Gasteiger partial charge in [-0.3, -0.25) is 0 Å². The minimum absolute atomic E-state index is 0.221. The number of guanidine groups is 1. The minimum atomic E-state index is -0.611. The second kappa shape index (κ2) is 9.61. The third kappa shape index (κ3) is 4.78. The average Bonchev–Trinajstić information content (AvgIpc) is 3.18. The van der Waals surface area contributed by atoms with Gasteiger partial charge in [0, 0.05) is 6.54 Å². The Morgan fingerprint density at radius 1 is 1.07 bits per heavy atom. The zero-order valence-electron chi connectivity index (χ0n) is 17.5. The lowest BCUT2D eigenvalue weighted by Crippen LogP contribution is -2.41. The van der Waals surface area contributed by atoms with Gasteiger partial charge in [-0.1, -0.05) is 46.0 Å². The molecule has 28 heavy (non-hydrogen) atoms. The standard InChI is InChI=1S/C21H35N3O4/c1-3-5-12-27-19(25)22-18-23(20(26)28-13-6-4-2)15-17-14-21(16-24(17)18)10-8-7-9-11-21/h17H,3-16H2,1-2H3/b22-18-. The van der Waals surface area contributed by atoms with E-state index in [0.717, 1.165) is 38.6 Å². The van der Waals surface area contributed by atoms with E-state index in [1.165, 1.54) is 37.0 Å². The number of ether oxygens (including phenoxy) is 2. The summed E-state index contributed by atoms with van der Waals surface area (Å²) >= 11 is 0. The lowest BCUT2D eigenvalue weighted by molar-refractivity contribution is 0.120. The first kappa shape index (κ1) is 20.9. The fraction of sp³-hybridized carbons (Fsp3) is 0.857. The van der Waals surface area contributed by atoms with Gasteiger partial charge >= 0.3 is 12.2 Å². The summed E-state index contributed by atoms with van der Waals surface area (Å²) in [6.07, 6.45) is 9.94. The Labute approximate surface area is 168 Å². The lowest BCUT2D eigenvalue weighted by atomic mass is 9.72. The highest BCUT2D eigenvalue weighted by Crippen LogP contribution is 2.48. The number of hydrogen-bond acceptors (Lipinski definition) is 4. The van der Waals surface area contributed by atoms with E-state index in [1.807, 2.05) is 6.92 Å². The van der Waals surface area contributed by atoms with Crippen molar-refractivity contribution in [2.24, 2.45) is 10.4 Å². The molecule has 7 heteroatoms. The van der Waals surface area contributed by atoms with Gasteiger partial charge in [-0.05, 0) is 37.5 Å². The molecule has 158 valence electrons. The summed E-state index contributed by atoms with van der Waals surface area (Å²) in [5.41, 5.74) is 0.313. The van der Waals surface area contributed by atoms with Gasteiger partial charge in [-0.25, -0.2) is 14.5 Å². The second-order valence-electron chi connectivity index (χ2n) is 8.50. The van der Waals surface area contributed by atoms with E-state index >= 15 is 0 Å². The summed E-state index contributed by atoms with van der Waals surface area (Å²) in [7, 11) is 0. The molecule has 2 amide bonds. The predicted molar refractivity (Wildman–Crippen MR) is 107 cm³/mol. The molecular formula is C21H35N3O4. The van der Waals surface area contributed by atoms with Crippen LogP contribution in [-0.4, -0.2) is 60.3 Å². The number of aliphatic imine (C=N–C) groups is 1. The van der Waals surface area contributed by atoms with Crippen LogP contribution in [0.4, 0.5) is 9.59 Å². The maximum absolute atomic E-state index is 12.6. The number of hydrogen-bond donors (Lipinski definition) is 0. The van der Waals surface area contributed by atoms with Gasteiger partial charge in [0.15, 0.2) is 0 Å². The van der Waals surface area contributed by atoms with Crippen molar-refractivity contribution in [3.8, 4) is 0 Å². The Morgan fingerprint density at radius 2 is 1.75 bits per heavy atom. The number of nitrogens with zero attached hydrogens (tertiary/aromatic N) is 3. The highest BCUT2D eigenvalue weighted by Gasteiger charge is 2.52. The monoisotopic (exact) mass is 393 g/mol. The largest absolute Gasteiger partial charge is 0.449 e. The smallest absolute Gasteiger partial charge is 0.436 e. The molecule has 1 spiro atoms. The molecule has 2 saturated heterocycles. The molecule has 2 aliphatic heterocycles. The molecule has 0 aromatic heterocycles. The average molecular weight is 394 g/mol. The summed E-state index contributed by atoms with van der Waals surface area (Å²) in [5.74, 6) is 0.426. The Balaban J connectivity index is 1.72. The van der Waals surface area contributed by atoms with Gasteiger partial charge in [0.25, 0.3) is 0 Å². The van der Waals surface area contributed by atoms with Crippen LogP contribution < -0.4 is 0 Å². The van der Waals surface area contributed by atoms with E-state index in [2.05, 4.69) is 16.8 Å². The van der Waals surface area contributed by atoms with Crippen molar-refractivity contribution in [3.05, 3.63) is 0 Å². The normalized spacial score (nSPS) is 24.6. The van der Waals surface area contributed by atoms with Crippen molar-refractivity contribution < 1.29 is 19.1 Å². The molecule has 3 rings (SSSR count). The van der Waals surface area contributed by atoms with Crippen molar-refractivity contribution in [3.63, 3.8) is 0 Å². The van der Waals surface area contributed by atoms with E-state index in [1.54, 1.807) is 0 Å². The van der Waals surface area contributed by atoms with Crippen LogP contribution in [0, 0.1) is 5.41 Å². The Kier molecular flexibility index (Phi) is 7.18. The lowest BCUT2D eigenvalue weighted by Gasteiger charge is -2.34. The summed E-state index contributed by atoms with van der Waals surface area (Å²) in [6, 6.07) is 0.221. The van der Waals surface area contributed by atoms with Gasteiger partial charge in [0.2, 0.25) is 5.96 Å². The van der Waals surface area contributed by atoms with Crippen LogP contribution in [0.1, 0.15) is 78.1 Å². The van der Waals surface area contributed by atoms with Crippen LogP contribution in [0.15, 0.2) is 4.99 Å². The van der Waals surface area contributed by atoms with Gasteiger partial charge in [-0.2, -0.15) is 0 Å². The third-order valence-corrected chi connectivity index (χ3v) is 6.28. The molecule has 0 radical (unpaired) electrons. The van der Waals surface area contributed by atoms with E-state index in [-0.39, 0.29) is 6.04 Å². The molecule has 0 bridgehead atoms. The molecule has 1 aliphatic carbocycles. The molecule has 0 N–H and O–H groups in total. The molecular weight excluding hydrogens is 358 g/mol. The molecule has 1 saturated carbocycles. The van der Waals surface area contributed by atoms with E-state index in [4.69, 9.17) is 9.47 Å². The summed E-state index contributed by atoms with van der Waals surface area (Å²) in [6.45, 7) is 6.28. The second-order valence-corrected chi connectivity index (χ2v) is 8.50. The zero-order chi connectivity index (χ0) is 20.0. The van der Waals surface area contributed by atoms with Crippen LogP contribution in [0.5, 0.6) is 0 Å². The van der Waals surface area contributed by atoms with Crippen molar-refractivity contribution in [1.82, 2.24) is 9.80 Å². The van der Waals surface area contributed by atoms with Crippen molar-refractivity contribution in [2.75, 3.05) is 26.3 Å². The summed E-state index contributed by atoms with van der Waals surface area (Å²) in [5, 5.41) is 0. The van der Waals surface area contributed by atoms with E-state index < -0.39 is 12.2 Å². The molecule has 3 fully saturated rings. The minimum Gasteiger partial charge on any atom is -0.449 e. The van der Waals surface area contributed by atoms with Crippen molar-refractivity contribution in [2.45, 2.75) is 84.1 Å². The van der Waals surface area contributed by atoms with Gasteiger partial charge in [-0.15, -0.1) is 4.99 Å². The number of carbonyl (C=O) groups excluding carboxylic acids is 2. The van der Waals surface area contributed by atoms with Crippen LogP contribution in [0.2, 0.25) is 0 Å². The number of fused-ring (bicyclic) bond motifs is 1. The van der Waals surface area contributed by atoms with Crippen LogP contribution in [-0.2, 0) is 9.47 Å². The molecule has 1 atom stereocenters. The first-order valence-corrected chi connectivity index (χ1v) is 11.0. The van der Waals surface area contributed by atoms with Crippen molar-refractivity contribution >= 4 is 18.1 Å². The first-order chi connectivity index (χ1) is 13.6. The zero-order valence-corrected chi connectivity index (χ0v) is 17.5. The maximum Gasteiger partial charge on any atom is 0.436 e. The first-order valence-electron chi connectivity index (χ1n) is 11.0. The number of unbranched alkanes of at least 4 members (excludes halogenated alkanes) is 2. The molecule has 1 unspecified atom stereocenters. The topological polar surface area (TPSA) is 71.4 Å². The molecule has 0 aromatic carbocycles. The van der Waals surface area contributed by atoms with Gasteiger partial charge in [0.05, 0.1) is 25.8 Å². The fourth-order valence-electron chi connectivity index (χ4n) is 4.75. The van der Waals surface area contributed by atoms with Gasteiger partial charge < -0.3 is 14.4 Å². The maximum atomic E-state index is 12.6. The Hall–Kier alpha value is -1.79. The number of amides is 2. The Bertz CT molecular complexity index is 586. The summed E-state index contributed by atoms with van der Waals surface area (Å²) < 4.78 is 10.6. The van der Waals surface area contributed by atoms with Crippen LogP contribution >= 0.6 is 0 Å². The van der Waals surface area contributed by atoms with E-state index in [9.17, 15) is 9.59 Å². The van der Waals surface area contributed by atoms with Crippen LogP contribution in [0.25, 0.3) is 0 Å². The molecule has 7 nitrogen and oxygen atoms in total. The fourth-order valence-corrected chi connectivity index (χ4v) is 4.75. The highest BCUT2D eigenvalue weighted by atomic mass is 16.6. The number of rotatable bonds is 6. The number of carbonyl (C=O) groups is 2. The van der Waals surface area contributed by atoms with Crippen LogP contribution in [0.3, 0.4) is 0 Å². The van der Waals surface area contributed by atoms with Gasteiger partial charge in [0.1, 0.15) is 0 Å².